The van der Waals surface area contributed by atoms with Gasteiger partial charge in [-0.15, -0.1) is 11.6 Å². The largest absolute Gasteiger partial charge is 0.489 e. The van der Waals surface area contributed by atoms with Gasteiger partial charge in [-0.05, 0) is 34.7 Å². The van der Waals surface area contributed by atoms with Gasteiger partial charge in [-0.2, -0.15) is 0 Å². The molecule has 0 spiro atoms. The normalized spacial score (nSPS) is 10.7. The molecular formula is C17H19ClO. The van der Waals surface area contributed by atoms with Gasteiger partial charge in [0, 0.05) is 5.88 Å². The first-order valence-electron chi connectivity index (χ1n) is 6.55. The first kappa shape index (κ1) is 14.0. The average Bonchev–Trinajstić information content (AvgIpc) is 2.46. The highest BCUT2D eigenvalue weighted by Gasteiger charge is 2.00. The molecule has 0 atom stereocenters. The molecule has 1 nitrogen and oxygen atoms in total. The molecule has 0 heterocycles. The zero-order chi connectivity index (χ0) is 13.7. The SMILES string of the molecule is CC(C)c1ccc(COc2ccc(CCl)cc2)cc1. The van der Waals surface area contributed by atoms with Crippen LogP contribution in [-0.4, -0.2) is 0 Å². The molecule has 0 saturated heterocycles. The summed E-state index contributed by atoms with van der Waals surface area (Å²) in [7, 11) is 0. The van der Waals surface area contributed by atoms with Crippen LogP contribution in [0.4, 0.5) is 0 Å². The fourth-order valence-corrected chi connectivity index (χ4v) is 2.02. The topological polar surface area (TPSA) is 9.23 Å². The van der Waals surface area contributed by atoms with Crippen molar-refractivity contribution < 1.29 is 4.74 Å². The lowest BCUT2D eigenvalue weighted by Gasteiger charge is -2.09. The van der Waals surface area contributed by atoms with Gasteiger partial charge in [0.2, 0.25) is 0 Å². The molecular weight excluding hydrogens is 256 g/mol. The van der Waals surface area contributed by atoms with E-state index in [-0.39, 0.29) is 0 Å². The predicted octanol–water partition coefficient (Wildman–Crippen LogP) is 5.13. The van der Waals surface area contributed by atoms with Crippen LogP contribution in [0, 0.1) is 0 Å². The maximum Gasteiger partial charge on any atom is 0.119 e. The Balaban J connectivity index is 1.94. The van der Waals surface area contributed by atoms with E-state index in [4.69, 9.17) is 16.3 Å². The van der Waals surface area contributed by atoms with E-state index in [0.29, 0.717) is 18.4 Å². The quantitative estimate of drug-likeness (QED) is 0.687. The van der Waals surface area contributed by atoms with Crippen LogP contribution in [0.25, 0.3) is 0 Å². The van der Waals surface area contributed by atoms with Crippen LogP contribution < -0.4 is 4.74 Å². The van der Waals surface area contributed by atoms with E-state index in [1.54, 1.807) is 0 Å². The van der Waals surface area contributed by atoms with Crippen molar-refractivity contribution in [3.8, 4) is 5.75 Å². The van der Waals surface area contributed by atoms with Crippen molar-refractivity contribution in [3.63, 3.8) is 0 Å². The molecule has 0 aliphatic heterocycles. The molecule has 0 saturated carbocycles. The number of halogens is 1. The third kappa shape index (κ3) is 4.00. The summed E-state index contributed by atoms with van der Waals surface area (Å²) in [5.74, 6) is 1.98. The maximum atomic E-state index is 5.75. The van der Waals surface area contributed by atoms with Gasteiger partial charge < -0.3 is 4.74 Å². The molecule has 0 aliphatic rings. The summed E-state index contributed by atoms with van der Waals surface area (Å²) in [5.41, 5.74) is 3.65. The molecule has 2 rings (SSSR count). The summed E-state index contributed by atoms with van der Waals surface area (Å²) in [4.78, 5) is 0. The molecule has 0 unspecified atom stereocenters. The maximum absolute atomic E-state index is 5.75. The number of hydrogen-bond acceptors (Lipinski definition) is 1. The lowest BCUT2D eigenvalue weighted by molar-refractivity contribution is 0.306. The van der Waals surface area contributed by atoms with E-state index >= 15 is 0 Å². The zero-order valence-corrected chi connectivity index (χ0v) is 12.2. The molecule has 2 aromatic rings. The van der Waals surface area contributed by atoms with Gasteiger partial charge in [0.15, 0.2) is 0 Å². The summed E-state index contributed by atoms with van der Waals surface area (Å²) in [6, 6.07) is 16.5. The number of rotatable bonds is 5. The van der Waals surface area contributed by atoms with Crippen molar-refractivity contribution in [2.45, 2.75) is 32.3 Å². The van der Waals surface area contributed by atoms with Crippen molar-refractivity contribution in [3.05, 3.63) is 65.2 Å². The molecule has 0 fully saturated rings. The first-order chi connectivity index (χ1) is 9.19. The van der Waals surface area contributed by atoms with Crippen LogP contribution >= 0.6 is 11.6 Å². The van der Waals surface area contributed by atoms with Gasteiger partial charge in [-0.1, -0.05) is 50.2 Å². The van der Waals surface area contributed by atoms with Crippen molar-refractivity contribution in [1.29, 1.82) is 0 Å². The van der Waals surface area contributed by atoms with E-state index in [1.165, 1.54) is 11.1 Å². The van der Waals surface area contributed by atoms with Gasteiger partial charge in [0.05, 0.1) is 0 Å². The summed E-state index contributed by atoms with van der Waals surface area (Å²) in [6.07, 6.45) is 0. The van der Waals surface area contributed by atoms with E-state index in [9.17, 15) is 0 Å². The first-order valence-corrected chi connectivity index (χ1v) is 7.09. The highest BCUT2D eigenvalue weighted by Crippen LogP contribution is 2.17. The van der Waals surface area contributed by atoms with Gasteiger partial charge in [0.25, 0.3) is 0 Å². The Morgan fingerprint density at radius 3 is 2.00 bits per heavy atom. The molecule has 0 radical (unpaired) electrons. The summed E-state index contributed by atoms with van der Waals surface area (Å²) < 4.78 is 5.75. The fraction of sp³-hybridized carbons (Fsp3) is 0.294. The number of benzene rings is 2. The molecule has 0 aliphatic carbocycles. The highest BCUT2D eigenvalue weighted by molar-refractivity contribution is 6.17. The predicted molar refractivity (Wildman–Crippen MR) is 80.9 cm³/mol. The minimum Gasteiger partial charge on any atom is -0.489 e. The van der Waals surface area contributed by atoms with Crippen LogP contribution in [0.1, 0.15) is 36.5 Å². The minimum absolute atomic E-state index is 0.539. The summed E-state index contributed by atoms with van der Waals surface area (Å²) >= 11 is 5.75. The average molecular weight is 275 g/mol. The molecule has 0 amide bonds. The fourth-order valence-electron chi connectivity index (χ4n) is 1.84. The molecule has 0 N–H and O–H groups in total. The van der Waals surface area contributed by atoms with E-state index in [0.717, 1.165) is 11.3 Å². The van der Waals surface area contributed by atoms with Crippen molar-refractivity contribution in [2.24, 2.45) is 0 Å². The Morgan fingerprint density at radius 1 is 0.895 bits per heavy atom. The number of ether oxygens (including phenoxy) is 1. The van der Waals surface area contributed by atoms with Crippen LogP contribution in [0.5, 0.6) is 5.75 Å². The second-order valence-electron chi connectivity index (χ2n) is 4.96. The second kappa shape index (κ2) is 6.63. The standard InChI is InChI=1S/C17H19ClO/c1-13(2)16-7-3-15(4-8-16)12-19-17-9-5-14(11-18)6-10-17/h3-10,13H,11-12H2,1-2H3. The molecule has 2 aromatic carbocycles. The van der Waals surface area contributed by atoms with Gasteiger partial charge >= 0.3 is 0 Å². The zero-order valence-electron chi connectivity index (χ0n) is 11.4. The highest BCUT2D eigenvalue weighted by atomic mass is 35.5. The Morgan fingerprint density at radius 2 is 1.47 bits per heavy atom. The third-order valence-corrected chi connectivity index (χ3v) is 3.44. The van der Waals surface area contributed by atoms with E-state index in [1.807, 2.05) is 24.3 Å². The molecule has 0 bridgehead atoms. The number of hydrogen-bond donors (Lipinski definition) is 0. The number of alkyl halides is 1. The molecule has 19 heavy (non-hydrogen) atoms. The molecule has 100 valence electrons. The van der Waals surface area contributed by atoms with Gasteiger partial charge in [-0.25, -0.2) is 0 Å². The molecule has 0 aromatic heterocycles. The van der Waals surface area contributed by atoms with Crippen LogP contribution in [0.2, 0.25) is 0 Å². The lowest BCUT2D eigenvalue weighted by Crippen LogP contribution is -1.96. The Kier molecular flexibility index (Phi) is 4.86. The minimum atomic E-state index is 0.539. The molecule has 2 heteroatoms. The van der Waals surface area contributed by atoms with E-state index < -0.39 is 0 Å². The van der Waals surface area contributed by atoms with Crippen LogP contribution in [0.15, 0.2) is 48.5 Å². The monoisotopic (exact) mass is 274 g/mol. The Labute approximate surface area is 120 Å². The van der Waals surface area contributed by atoms with Gasteiger partial charge in [-0.3, -0.25) is 0 Å². The van der Waals surface area contributed by atoms with Crippen molar-refractivity contribution in [1.82, 2.24) is 0 Å². The third-order valence-electron chi connectivity index (χ3n) is 3.13. The van der Waals surface area contributed by atoms with Crippen LogP contribution in [-0.2, 0) is 12.5 Å². The summed E-state index contributed by atoms with van der Waals surface area (Å²) in [5, 5.41) is 0. The summed E-state index contributed by atoms with van der Waals surface area (Å²) in [6.45, 7) is 4.99. The van der Waals surface area contributed by atoms with Crippen LogP contribution in [0.3, 0.4) is 0 Å². The Bertz CT molecular complexity index is 500. The van der Waals surface area contributed by atoms with Crippen molar-refractivity contribution in [2.75, 3.05) is 0 Å². The van der Waals surface area contributed by atoms with Gasteiger partial charge in [0.1, 0.15) is 12.4 Å². The smallest absolute Gasteiger partial charge is 0.119 e. The van der Waals surface area contributed by atoms with E-state index in [2.05, 4.69) is 38.1 Å². The lowest BCUT2D eigenvalue weighted by atomic mass is 10.0. The van der Waals surface area contributed by atoms with Crippen molar-refractivity contribution >= 4 is 11.6 Å². The Hall–Kier alpha value is -1.47. The second-order valence-corrected chi connectivity index (χ2v) is 5.23.